The Labute approximate surface area is 97.5 Å². The van der Waals surface area contributed by atoms with Crippen molar-refractivity contribution in [3.63, 3.8) is 0 Å². The van der Waals surface area contributed by atoms with E-state index >= 15 is 0 Å². The Morgan fingerprint density at radius 2 is 1.76 bits per heavy atom. The summed E-state index contributed by atoms with van der Waals surface area (Å²) in [5.74, 6) is -3.13. The Morgan fingerprint density at radius 1 is 1.18 bits per heavy atom. The minimum atomic E-state index is -1.21. The van der Waals surface area contributed by atoms with E-state index in [1.165, 1.54) is 0 Å². The third kappa shape index (κ3) is 1.99. The van der Waals surface area contributed by atoms with Gasteiger partial charge in [0.25, 0.3) is 0 Å². The summed E-state index contributed by atoms with van der Waals surface area (Å²) in [5, 5.41) is 12.3. The molecule has 1 aliphatic carbocycles. The summed E-state index contributed by atoms with van der Waals surface area (Å²) in [7, 11) is 0. The number of hydrogen-bond acceptors (Lipinski definition) is 2. The van der Waals surface area contributed by atoms with E-state index in [2.05, 4.69) is 5.32 Å². The van der Waals surface area contributed by atoms with Crippen LogP contribution in [0.4, 0.5) is 18.9 Å². The zero-order chi connectivity index (χ0) is 12.8. The molecule has 0 aliphatic heterocycles. The number of hydrogen-bond donors (Lipinski definition) is 2. The summed E-state index contributed by atoms with van der Waals surface area (Å²) < 4.78 is 39.1. The molecule has 2 unspecified atom stereocenters. The van der Waals surface area contributed by atoms with Gasteiger partial charge >= 0.3 is 0 Å². The van der Waals surface area contributed by atoms with Gasteiger partial charge in [0.1, 0.15) is 5.82 Å². The van der Waals surface area contributed by atoms with E-state index in [1.54, 1.807) is 0 Å². The maximum Gasteiger partial charge on any atom is 0.161 e. The molecule has 2 nitrogen and oxygen atoms in total. The molecule has 1 aliphatic rings. The summed E-state index contributed by atoms with van der Waals surface area (Å²) in [5.41, 5.74) is -0.481. The first-order valence-corrected chi connectivity index (χ1v) is 5.41. The molecule has 0 spiro atoms. The fraction of sp³-hybridized carbons (Fsp3) is 0.500. The van der Waals surface area contributed by atoms with E-state index in [0.29, 0.717) is 12.5 Å². The van der Waals surface area contributed by atoms with Gasteiger partial charge in [0.05, 0.1) is 11.8 Å². The van der Waals surface area contributed by atoms with Gasteiger partial charge in [-0.05, 0) is 6.42 Å². The summed E-state index contributed by atoms with van der Waals surface area (Å²) in [6, 6.07) is 1.16. The van der Waals surface area contributed by atoms with Crippen LogP contribution in [0.3, 0.4) is 0 Å². The first-order chi connectivity index (χ1) is 7.82. The van der Waals surface area contributed by atoms with Crippen molar-refractivity contribution < 1.29 is 18.3 Å². The molecule has 2 atom stereocenters. The molecule has 5 heteroatoms. The smallest absolute Gasteiger partial charge is 0.161 e. The van der Waals surface area contributed by atoms with Crippen LogP contribution in [0.5, 0.6) is 0 Å². The van der Waals surface area contributed by atoms with Crippen molar-refractivity contribution in [2.24, 2.45) is 5.41 Å². The van der Waals surface area contributed by atoms with E-state index < -0.39 is 29.0 Å². The van der Waals surface area contributed by atoms with Gasteiger partial charge in [0, 0.05) is 23.6 Å². The molecular formula is C12H14F3NO. The monoisotopic (exact) mass is 245 g/mol. The van der Waals surface area contributed by atoms with Crippen LogP contribution in [0.25, 0.3) is 0 Å². The van der Waals surface area contributed by atoms with Crippen molar-refractivity contribution in [1.82, 2.24) is 0 Å². The molecule has 94 valence electrons. The van der Waals surface area contributed by atoms with Crippen molar-refractivity contribution in [3.05, 3.63) is 29.6 Å². The normalized spacial score (nSPS) is 26.5. The number of halogens is 3. The molecule has 1 aromatic rings. The van der Waals surface area contributed by atoms with Crippen molar-refractivity contribution in [2.45, 2.75) is 32.4 Å². The summed E-state index contributed by atoms with van der Waals surface area (Å²) in [6.07, 6.45) is -0.000759. The zero-order valence-electron chi connectivity index (χ0n) is 9.60. The molecule has 2 N–H and O–H groups in total. The molecule has 1 fully saturated rings. The highest BCUT2D eigenvalue weighted by Gasteiger charge is 2.47. The first kappa shape index (κ1) is 12.2. The number of anilines is 1. The van der Waals surface area contributed by atoms with Gasteiger partial charge in [0.2, 0.25) is 0 Å². The Balaban J connectivity index is 2.18. The van der Waals surface area contributed by atoms with E-state index in [0.717, 1.165) is 6.07 Å². The quantitative estimate of drug-likeness (QED) is 0.785. The summed E-state index contributed by atoms with van der Waals surface area (Å²) >= 11 is 0. The molecule has 17 heavy (non-hydrogen) atoms. The van der Waals surface area contributed by atoms with Gasteiger partial charge in [-0.2, -0.15) is 0 Å². The van der Waals surface area contributed by atoms with Crippen molar-refractivity contribution in [2.75, 3.05) is 5.32 Å². The zero-order valence-corrected chi connectivity index (χ0v) is 9.60. The predicted octanol–water partition coefficient (Wildman–Crippen LogP) is 2.68. The van der Waals surface area contributed by atoms with E-state index in [-0.39, 0.29) is 11.7 Å². The molecule has 1 aromatic carbocycles. The maximum absolute atomic E-state index is 13.4. The fourth-order valence-electron chi connectivity index (χ4n) is 1.97. The van der Waals surface area contributed by atoms with E-state index in [9.17, 15) is 18.3 Å². The van der Waals surface area contributed by atoms with Gasteiger partial charge in [-0.25, -0.2) is 13.2 Å². The third-order valence-corrected chi connectivity index (χ3v) is 3.56. The number of aliphatic hydroxyl groups excluding tert-OH is 1. The van der Waals surface area contributed by atoms with E-state index in [1.807, 2.05) is 13.8 Å². The average Bonchev–Trinajstić information content (AvgIpc) is 2.25. The molecule has 2 rings (SSSR count). The van der Waals surface area contributed by atoms with Gasteiger partial charge in [-0.3, -0.25) is 0 Å². The summed E-state index contributed by atoms with van der Waals surface area (Å²) in [4.78, 5) is 0. The Kier molecular flexibility index (Phi) is 2.81. The van der Waals surface area contributed by atoms with Crippen LogP contribution < -0.4 is 5.32 Å². The highest BCUT2D eigenvalue weighted by molar-refractivity contribution is 5.47. The second kappa shape index (κ2) is 3.91. The lowest BCUT2D eigenvalue weighted by molar-refractivity contribution is -0.0511. The Hall–Kier alpha value is -1.23. The van der Waals surface area contributed by atoms with Crippen LogP contribution in [-0.4, -0.2) is 17.3 Å². The van der Waals surface area contributed by atoms with Crippen LogP contribution in [0, 0.1) is 22.9 Å². The molecule has 0 heterocycles. The molecule has 0 saturated heterocycles. The number of benzene rings is 1. The first-order valence-electron chi connectivity index (χ1n) is 5.41. The topological polar surface area (TPSA) is 32.3 Å². The molecule has 0 bridgehead atoms. The average molecular weight is 245 g/mol. The Morgan fingerprint density at radius 3 is 2.29 bits per heavy atom. The minimum Gasteiger partial charge on any atom is -0.392 e. The largest absolute Gasteiger partial charge is 0.392 e. The van der Waals surface area contributed by atoms with Gasteiger partial charge in [-0.15, -0.1) is 0 Å². The van der Waals surface area contributed by atoms with Crippen molar-refractivity contribution >= 4 is 5.69 Å². The van der Waals surface area contributed by atoms with Crippen LogP contribution in [0.2, 0.25) is 0 Å². The number of rotatable bonds is 2. The minimum absolute atomic E-state index is 0.0751. The fourth-order valence-corrected chi connectivity index (χ4v) is 1.97. The molecule has 1 saturated carbocycles. The SMILES string of the molecule is CC1(C)C(O)CC1Nc1cc(F)c(F)cc1F. The molecule has 0 amide bonds. The third-order valence-electron chi connectivity index (χ3n) is 3.56. The lowest BCUT2D eigenvalue weighted by Crippen LogP contribution is -2.57. The second-order valence-corrected chi connectivity index (χ2v) is 5.02. The summed E-state index contributed by atoms with van der Waals surface area (Å²) in [6.45, 7) is 3.66. The lowest BCUT2D eigenvalue weighted by Gasteiger charge is -2.49. The van der Waals surface area contributed by atoms with Crippen LogP contribution in [0.15, 0.2) is 12.1 Å². The van der Waals surface area contributed by atoms with Crippen molar-refractivity contribution in [3.8, 4) is 0 Å². The molecule has 0 radical (unpaired) electrons. The Bertz CT molecular complexity index is 448. The van der Waals surface area contributed by atoms with Crippen LogP contribution >= 0.6 is 0 Å². The van der Waals surface area contributed by atoms with Gasteiger partial charge in [0.15, 0.2) is 11.6 Å². The molecular weight excluding hydrogens is 231 g/mol. The maximum atomic E-state index is 13.4. The number of aliphatic hydroxyl groups is 1. The van der Waals surface area contributed by atoms with Crippen LogP contribution in [0.1, 0.15) is 20.3 Å². The highest BCUT2D eigenvalue weighted by atomic mass is 19.2. The highest BCUT2D eigenvalue weighted by Crippen LogP contribution is 2.42. The number of nitrogens with one attached hydrogen (secondary N) is 1. The predicted molar refractivity (Wildman–Crippen MR) is 58.1 cm³/mol. The second-order valence-electron chi connectivity index (χ2n) is 5.02. The lowest BCUT2D eigenvalue weighted by atomic mass is 9.64. The van der Waals surface area contributed by atoms with Crippen LogP contribution in [-0.2, 0) is 0 Å². The molecule has 0 aromatic heterocycles. The van der Waals surface area contributed by atoms with Gasteiger partial charge < -0.3 is 10.4 Å². The van der Waals surface area contributed by atoms with E-state index in [4.69, 9.17) is 0 Å². The standard InChI is InChI=1S/C12H14F3NO/c1-12(2)10(5-11(12)17)16-9-4-7(14)6(13)3-8(9)15/h3-4,10-11,16-17H,5H2,1-2H3. The van der Waals surface area contributed by atoms with Crippen molar-refractivity contribution in [1.29, 1.82) is 0 Å². The van der Waals surface area contributed by atoms with Gasteiger partial charge in [-0.1, -0.05) is 13.8 Å².